The zero-order valence-electron chi connectivity index (χ0n) is 11.5. The normalized spacial score (nSPS) is 10.6. The van der Waals surface area contributed by atoms with Crippen LogP contribution in [0.1, 0.15) is 26.0 Å². The molecule has 20 heavy (non-hydrogen) atoms. The molecule has 0 spiro atoms. The van der Waals surface area contributed by atoms with Crippen LogP contribution < -0.4 is 4.90 Å². The van der Waals surface area contributed by atoms with E-state index in [0.29, 0.717) is 26.9 Å². The van der Waals surface area contributed by atoms with Gasteiger partial charge in [0.1, 0.15) is 11.4 Å². The molecule has 106 valence electrons. The largest absolute Gasteiger partial charge is 0.359 e. The summed E-state index contributed by atoms with van der Waals surface area (Å²) in [4.78, 5) is 24.9. The molecule has 2 rings (SSSR count). The zero-order valence-corrected chi connectivity index (χ0v) is 12.3. The number of aromatic nitrogens is 1. The third-order valence-corrected chi connectivity index (χ3v) is 3.96. The van der Waals surface area contributed by atoms with Crippen LogP contribution in [0.3, 0.4) is 0 Å². The topological polar surface area (TPSA) is 89.5 Å². The Morgan fingerprint density at radius 1 is 1.45 bits per heavy atom. The van der Waals surface area contributed by atoms with E-state index in [2.05, 4.69) is 5.16 Å². The van der Waals surface area contributed by atoms with Gasteiger partial charge in [-0.2, -0.15) is 0 Å². The molecule has 7 nitrogen and oxygen atoms in total. The molecule has 0 aliphatic carbocycles. The predicted molar refractivity (Wildman–Crippen MR) is 74.4 cm³/mol. The predicted octanol–water partition coefficient (Wildman–Crippen LogP) is 2.85. The van der Waals surface area contributed by atoms with Crippen molar-refractivity contribution in [3.8, 4) is 0 Å². The van der Waals surface area contributed by atoms with Crippen LogP contribution in [-0.2, 0) is 0 Å². The van der Waals surface area contributed by atoms with Crippen molar-refractivity contribution in [3.05, 3.63) is 37.4 Å². The van der Waals surface area contributed by atoms with Crippen molar-refractivity contribution < 1.29 is 14.2 Å². The lowest BCUT2D eigenvalue weighted by Crippen LogP contribution is -2.26. The smallest absolute Gasteiger partial charge is 0.283 e. The highest BCUT2D eigenvalue weighted by atomic mass is 32.1. The number of thiophene rings is 1. The second-order valence-corrected chi connectivity index (χ2v) is 5.60. The maximum Gasteiger partial charge on any atom is 0.283 e. The first-order valence-corrected chi connectivity index (χ1v) is 6.60. The molecule has 0 bridgehead atoms. The van der Waals surface area contributed by atoms with E-state index in [1.807, 2.05) is 0 Å². The van der Waals surface area contributed by atoms with Crippen LogP contribution >= 0.6 is 11.3 Å². The monoisotopic (exact) mass is 295 g/mol. The highest BCUT2D eigenvalue weighted by Crippen LogP contribution is 2.31. The van der Waals surface area contributed by atoms with Gasteiger partial charge in [0, 0.05) is 13.1 Å². The number of aryl methyl sites for hydroxylation is 3. The Morgan fingerprint density at radius 2 is 2.10 bits per heavy atom. The summed E-state index contributed by atoms with van der Waals surface area (Å²) in [5.41, 5.74) is 1.15. The number of anilines is 1. The van der Waals surface area contributed by atoms with Crippen molar-refractivity contribution >= 4 is 28.6 Å². The molecule has 0 radical (unpaired) electrons. The molecule has 2 aromatic rings. The average molecular weight is 295 g/mol. The molecule has 8 heteroatoms. The van der Waals surface area contributed by atoms with Crippen molar-refractivity contribution in [3.63, 3.8) is 0 Å². The van der Waals surface area contributed by atoms with Crippen LogP contribution in [-0.4, -0.2) is 23.0 Å². The number of rotatable bonds is 3. The Hall–Kier alpha value is -2.22. The van der Waals surface area contributed by atoms with Gasteiger partial charge in [-0.25, -0.2) is 0 Å². The van der Waals surface area contributed by atoms with Crippen LogP contribution in [0.25, 0.3) is 0 Å². The second kappa shape index (κ2) is 5.04. The molecule has 0 aromatic carbocycles. The Balaban J connectivity index is 2.37. The number of carbonyl (C=O) groups is 1. The van der Waals surface area contributed by atoms with Gasteiger partial charge in [-0.15, -0.1) is 11.3 Å². The summed E-state index contributed by atoms with van der Waals surface area (Å²) < 4.78 is 5.02. The summed E-state index contributed by atoms with van der Waals surface area (Å²) in [7, 11) is 1.59. The van der Waals surface area contributed by atoms with E-state index in [-0.39, 0.29) is 11.6 Å². The van der Waals surface area contributed by atoms with Gasteiger partial charge in [0.2, 0.25) is 0 Å². The van der Waals surface area contributed by atoms with Gasteiger partial charge in [-0.05, 0) is 20.8 Å². The standard InChI is InChI=1S/C12H13N3O4S/c1-6-11(7(2)19-13-6)14(4)12(16)10-5-9(15(17)18)8(3)20-10/h5H,1-4H3. The summed E-state index contributed by atoms with van der Waals surface area (Å²) in [5, 5.41) is 14.6. The quantitative estimate of drug-likeness (QED) is 0.641. The van der Waals surface area contributed by atoms with E-state index in [0.717, 1.165) is 11.3 Å². The number of hydrogen-bond acceptors (Lipinski definition) is 6. The summed E-state index contributed by atoms with van der Waals surface area (Å²) in [6.07, 6.45) is 0. The fourth-order valence-electron chi connectivity index (χ4n) is 1.98. The van der Waals surface area contributed by atoms with Crippen molar-refractivity contribution in [2.24, 2.45) is 0 Å². The Kier molecular flexibility index (Phi) is 3.58. The van der Waals surface area contributed by atoms with E-state index < -0.39 is 4.92 Å². The first-order chi connectivity index (χ1) is 9.32. The van der Waals surface area contributed by atoms with Gasteiger partial charge >= 0.3 is 0 Å². The summed E-state index contributed by atoms with van der Waals surface area (Å²) in [5.74, 6) is 0.210. The molecule has 0 aliphatic rings. The molecule has 0 atom stereocenters. The van der Waals surface area contributed by atoms with E-state index >= 15 is 0 Å². The Labute approximate surface area is 118 Å². The van der Waals surface area contributed by atoms with Crippen LogP contribution in [0, 0.1) is 30.9 Å². The molecule has 0 saturated carbocycles. The van der Waals surface area contributed by atoms with E-state index in [1.54, 1.807) is 27.8 Å². The van der Waals surface area contributed by atoms with Crippen molar-refractivity contribution in [2.45, 2.75) is 20.8 Å². The number of hydrogen-bond donors (Lipinski definition) is 0. The van der Waals surface area contributed by atoms with Gasteiger partial charge in [-0.1, -0.05) is 5.16 Å². The molecule has 2 heterocycles. The lowest BCUT2D eigenvalue weighted by atomic mass is 10.2. The third-order valence-electron chi connectivity index (χ3n) is 2.93. The van der Waals surface area contributed by atoms with Crippen LogP contribution in [0.2, 0.25) is 0 Å². The van der Waals surface area contributed by atoms with Crippen molar-refractivity contribution in [1.82, 2.24) is 5.16 Å². The van der Waals surface area contributed by atoms with Crippen molar-refractivity contribution in [1.29, 1.82) is 0 Å². The minimum atomic E-state index is -0.488. The van der Waals surface area contributed by atoms with E-state index in [4.69, 9.17) is 4.52 Å². The molecule has 0 N–H and O–H groups in total. The molecular weight excluding hydrogens is 282 g/mol. The fraction of sp³-hybridized carbons (Fsp3) is 0.333. The second-order valence-electron chi connectivity index (χ2n) is 4.35. The third kappa shape index (κ3) is 2.29. The van der Waals surface area contributed by atoms with Crippen LogP contribution in [0.5, 0.6) is 0 Å². The van der Waals surface area contributed by atoms with Gasteiger partial charge in [0.05, 0.1) is 14.7 Å². The molecular formula is C12H13N3O4S. The van der Waals surface area contributed by atoms with Gasteiger partial charge < -0.3 is 9.42 Å². The first-order valence-electron chi connectivity index (χ1n) is 5.78. The maximum atomic E-state index is 12.4. The molecule has 0 unspecified atom stereocenters. The minimum Gasteiger partial charge on any atom is -0.359 e. The molecule has 0 aliphatic heterocycles. The fourth-order valence-corrected chi connectivity index (χ4v) is 2.95. The molecule has 0 fully saturated rings. The molecule has 2 aromatic heterocycles. The lowest BCUT2D eigenvalue weighted by Gasteiger charge is -2.15. The highest BCUT2D eigenvalue weighted by Gasteiger charge is 2.25. The summed E-state index contributed by atoms with van der Waals surface area (Å²) >= 11 is 1.10. The van der Waals surface area contributed by atoms with Gasteiger partial charge in [0.15, 0.2) is 5.76 Å². The zero-order chi connectivity index (χ0) is 15.0. The van der Waals surface area contributed by atoms with Gasteiger partial charge in [-0.3, -0.25) is 14.9 Å². The Morgan fingerprint density at radius 3 is 2.55 bits per heavy atom. The maximum absolute atomic E-state index is 12.4. The van der Waals surface area contributed by atoms with Crippen molar-refractivity contribution in [2.75, 3.05) is 11.9 Å². The van der Waals surface area contributed by atoms with Crippen LogP contribution in [0.4, 0.5) is 11.4 Å². The molecule has 1 amide bonds. The van der Waals surface area contributed by atoms with Crippen LogP contribution in [0.15, 0.2) is 10.6 Å². The van der Waals surface area contributed by atoms with E-state index in [9.17, 15) is 14.9 Å². The lowest BCUT2D eigenvalue weighted by molar-refractivity contribution is -0.385. The van der Waals surface area contributed by atoms with Gasteiger partial charge in [0.25, 0.3) is 11.6 Å². The number of amides is 1. The Bertz CT molecular complexity index is 669. The summed E-state index contributed by atoms with van der Waals surface area (Å²) in [6, 6.07) is 1.30. The van der Waals surface area contributed by atoms with E-state index in [1.165, 1.54) is 11.0 Å². The minimum absolute atomic E-state index is 0.0366. The summed E-state index contributed by atoms with van der Waals surface area (Å²) in [6.45, 7) is 5.06. The molecule has 0 saturated heterocycles. The number of nitro groups is 1. The average Bonchev–Trinajstić information content (AvgIpc) is 2.91. The first kappa shape index (κ1) is 14.2. The number of nitrogens with zero attached hydrogens (tertiary/aromatic N) is 3. The SMILES string of the molecule is Cc1noc(C)c1N(C)C(=O)c1cc([N+](=O)[O-])c(C)s1. The highest BCUT2D eigenvalue weighted by molar-refractivity contribution is 7.14. The number of carbonyl (C=O) groups excluding carboxylic acids is 1.